The Morgan fingerprint density at radius 2 is 1.78 bits per heavy atom. The first kappa shape index (κ1) is 26.1. The molecule has 192 valence electrons. The third-order valence-corrected chi connectivity index (χ3v) is 7.07. The number of nitrogens with zero attached hydrogens (tertiary/aromatic N) is 2. The highest BCUT2D eigenvalue weighted by Gasteiger charge is 2.33. The van der Waals surface area contributed by atoms with Gasteiger partial charge in [-0.15, -0.1) is 0 Å². The van der Waals surface area contributed by atoms with Crippen LogP contribution in [-0.4, -0.2) is 30.7 Å². The average Bonchev–Trinajstić information content (AvgIpc) is 3.17. The van der Waals surface area contributed by atoms with Gasteiger partial charge in [-0.3, -0.25) is 14.2 Å². The van der Waals surface area contributed by atoms with Crippen molar-refractivity contribution in [3.63, 3.8) is 0 Å². The number of allylic oxidation sites excluding steroid dienone is 1. The van der Waals surface area contributed by atoms with Crippen LogP contribution in [0.4, 0.5) is 0 Å². The molecule has 0 aliphatic carbocycles. The Morgan fingerprint density at radius 1 is 1.08 bits per heavy atom. The molecule has 0 bridgehead atoms. The molecule has 1 aromatic heterocycles. The van der Waals surface area contributed by atoms with Crippen molar-refractivity contribution in [2.24, 2.45) is 4.99 Å². The summed E-state index contributed by atoms with van der Waals surface area (Å²) in [7, 11) is 2.74. The molecule has 2 aromatic carbocycles. The van der Waals surface area contributed by atoms with E-state index in [1.807, 2.05) is 30.3 Å². The van der Waals surface area contributed by atoms with E-state index in [0.29, 0.717) is 32.3 Å². The Balaban J connectivity index is 1.91. The van der Waals surface area contributed by atoms with Crippen LogP contribution in [0.25, 0.3) is 6.08 Å². The van der Waals surface area contributed by atoms with Gasteiger partial charge in [0.25, 0.3) is 5.56 Å². The van der Waals surface area contributed by atoms with Crippen LogP contribution < -0.4 is 24.4 Å². The van der Waals surface area contributed by atoms with Gasteiger partial charge in [0, 0.05) is 6.92 Å². The summed E-state index contributed by atoms with van der Waals surface area (Å²) >= 11 is 1.25. The van der Waals surface area contributed by atoms with Gasteiger partial charge in [-0.2, -0.15) is 0 Å². The molecule has 0 N–H and O–H groups in total. The van der Waals surface area contributed by atoms with Crippen molar-refractivity contribution in [3.8, 4) is 11.5 Å². The van der Waals surface area contributed by atoms with Gasteiger partial charge < -0.3 is 14.2 Å². The smallest absolute Gasteiger partial charge is 0.338 e. The normalized spacial score (nSPS) is 15.3. The van der Waals surface area contributed by atoms with Crippen molar-refractivity contribution in [1.82, 2.24) is 4.57 Å². The lowest BCUT2D eigenvalue weighted by atomic mass is 9.95. The number of methoxy groups -OCH3 is 2. The Bertz CT molecular complexity index is 1580. The first-order chi connectivity index (χ1) is 17.6. The van der Waals surface area contributed by atoms with Crippen molar-refractivity contribution in [2.75, 3.05) is 14.2 Å². The second-order valence-corrected chi connectivity index (χ2v) is 9.91. The minimum Gasteiger partial charge on any atom is -0.493 e. The number of aromatic nitrogens is 1. The van der Waals surface area contributed by atoms with Gasteiger partial charge in [-0.05, 0) is 47.7 Å². The van der Waals surface area contributed by atoms with E-state index in [1.165, 1.54) is 42.6 Å². The zero-order chi connectivity index (χ0) is 26.9. The second kappa shape index (κ2) is 10.6. The standard InChI is InChI=1S/C28H28N2O6S/c1-15(2)19-9-7-18(8-10-19)13-23-26(32)30-25(24(27(33)35-6)16(3)29-28(30)37-23)20-11-12-21(36-17(4)31)22(14-20)34-5/h7-15,25H,1-6H3/b23-13+. The highest BCUT2D eigenvalue weighted by atomic mass is 32.1. The van der Waals surface area contributed by atoms with Gasteiger partial charge in [0.15, 0.2) is 16.3 Å². The molecule has 1 aliphatic rings. The molecule has 1 atom stereocenters. The van der Waals surface area contributed by atoms with Gasteiger partial charge in [0.05, 0.1) is 36.1 Å². The zero-order valence-electron chi connectivity index (χ0n) is 21.5. The molecule has 3 aromatic rings. The lowest BCUT2D eigenvalue weighted by Gasteiger charge is -2.25. The summed E-state index contributed by atoms with van der Waals surface area (Å²) in [6, 6.07) is 12.2. The number of fused-ring (bicyclic) bond motifs is 1. The van der Waals surface area contributed by atoms with Crippen LogP contribution in [0.15, 0.2) is 63.5 Å². The summed E-state index contributed by atoms with van der Waals surface area (Å²) in [4.78, 5) is 43.1. The minimum absolute atomic E-state index is 0.233. The molecule has 2 heterocycles. The fraction of sp³-hybridized carbons (Fsp3) is 0.286. The number of esters is 2. The predicted molar refractivity (Wildman–Crippen MR) is 141 cm³/mol. The molecular weight excluding hydrogens is 492 g/mol. The number of hydrogen-bond donors (Lipinski definition) is 0. The van der Waals surface area contributed by atoms with Crippen LogP contribution in [0.2, 0.25) is 0 Å². The summed E-state index contributed by atoms with van der Waals surface area (Å²) in [5, 5.41) is 0. The fourth-order valence-corrected chi connectivity index (χ4v) is 5.28. The highest BCUT2D eigenvalue weighted by molar-refractivity contribution is 7.07. The van der Waals surface area contributed by atoms with Crippen molar-refractivity contribution in [1.29, 1.82) is 0 Å². The van der Waals surface area contributed by atoms with Crippen LogP contribution in [0.1, 0.15) is 56.3 Å². The van der Waals surface area contributed by atoms with E-state index in [1.54, 1.807) is 25.1 Å². The molecule has 0 radical (unpaired) electrons. The van der Waals surface area contributed by atoms with Crippen molar-refractivity contribution in [3.05, 3.63) is 90.1 Å². The zero-order valence-corrected chi connectivity index (χ0v) is 22.3. The monoisotopic (exact) mass is 520 g/mol. The van der Waals surface area contributed by atoms with Gasteiger partial charge in [-0.1, -0.05) is 55.5 Å². The summed E-state index contributed by atoms with van der Waals surface area (Å²) in [5.41, 5.74) is 3.10. The molecule has 4 rings (SSSR count). The van der Waals surface area contributed by atoms with E-state index in [0.717, 1.165) is 5.56 Å². The maximum atomic E-state index is 13.7. The number of benzene rings is 2. The molecule has 0 amide bonds. The number of hydrogen-bond acceptors (Lipinski definition) is 8. The van der Waals surface area contributed by atoms with E-state index >= 15 is 0 Å². The van der Waals surface area contributed by atoms with Crippen LogP contribution in [0.5, 0.6) is 11.5 Å². The summed E-state index contributed by atoms with van der Waals surface area (Å²) < 4.78 is 17.7. The molecule has 9 heteroatoms. The summed E-state index contributed by atoms with van der Waals surface area (Å²) in [6.45, 7) is 7.26. The minimum atomic E-state index is -0.811. The molecule has 0 saturated heterocycles. The van der Waals surface area contributed by atoms with Crippen LogP contribution >= 0.6 is 11.3 Å². The van der Waals surface area contributed by atoms with Gasteiger partial charge in [-0.25, -0.2) is 9.79 Å². The van der Waals surface area contributed by atoms with Gasteiger partial charge in [0.1, 0.15) is 0 Å². The largest absolute Gasteiger partial charge is 0.493 e. The number of thiazole rings is 1. The number of carbonyl (C=O) groups excluding carboxylic acids is 2. The third-order valence-electron chi connectivity index (χ3n) is 6.08. The van der Waals surface area contributed by atoms with E-state index in [9.17, 15) is 14.4 Å². The lowest BCUT2D eigenvalue weighted by Crippen LogP contribution is -2.39. The molecule has 1 aliphatic heterocycles. The number of carbonyl (C=O) groups is 2. The third kappa shape index (κ3) is 5.13. The molecule has 0 fully saturated rings. The molecule has 0 spiro atoms. The summed E-state index contributed by atoms with van der Waals surface area (Å²) in [5.74, 6) is -0.155. The molecular formula is C28H28N2O6S. The van der Waals surface area contributed by atoms with E-state index in [2.05, 4.69) is 18.8 Å². The SMILES string of the molecule is COC(=O)C1=C(C)N=c2s/c(=C/c3ccc(C(C)C)cc3)c(=O)n2C1c1ccc(OC(C)=O)c(OC)c1. The van der Waals surface area contributed by atoms with Crippen molar-refractivity contribution in [2.45, 2.75) is 39.7 Å². The molecule has 8 nitrogen and oxygen atoms in total. The fourth-order valence-electron chi connectivity index (χ4n) is 4.23. The van der Waals surface area contributed by atoms with Gasteiger partial charge >= 0.3 is 11.9 Å². The second-order valence-electron chi connectivity index (χ2n) is 8.90. The topological polar surface area (TPSA) is 96.2 Å². The van der Waals surface area contributed by atoms with E-state index < -0.39 is 18.0 Å². The average molecular weight is 521 g/mol. The Morgan fingerprint density at radius 3 is 2.38 bits per heavy atom. The first-order valence-electron chi connectivity index (χ1n) is 11.7. The number of ether oxygens (including phenoxy) is 3. The number of rotatable bonds is 6. The summed E-state index contributed by atoms with van der Waals surface area (Å²) in [6.07, 6.45) is 1.83. The van der Waals surface area contributed by atoms with Crippen LogP contribution in [0.3, 0.4) is 0 Å². The van der Waals surface area contributed by atoms with Crippen LogP contribution in [-0.2, 0) is 14.3 Å². The van der Waals surface area contributed by atoms with Gasteiger partial charge in [0.2, 0.25) is 0 Å². The maximum Gasteiger partial charge on any atom is 0.338 e. The Hall–Kier alpha value is -3.98. The first-order valence-corrected chi connectivity index (χ1v) is 12.5. The molecule has 37 heavy (non-hydrogen) atoms. The molecule has 1 unspecified atom stereocenters. The highest BCUT2D eigenvalue weighted by Crippen LogP contribution is 2.36. The lowest BCUT2D eigenvalue weighted by molar-refractivity contribution is -0.136. The van der Waals surface area contributed by atoms with Crippen molar-refractivity contribution >= 4 is 29.4 Å². The van der Waals surface area contributed by atoms with E-state index in [-0.39, 0.29) is 16.9 Å². The van der Waals surface area contributed by atoms with Crippen LogP contribution in [0, 0.1) is 0 Å². The predicted octanol–water partition coefficient (Wildman–Crippen LogP) is 3.47. The van der Waals surface area contributed by atoms with Crippen molar-refractivity contribution < 1.29 is 23.8 Å². The maximum absolute atomic E-state index is 13.7. The molecule has 0 saturated carbocycles. The quantitative estimate of drug-likeness (QED) is 0.365. The Labute approximate surface area is 218 Å². The van der Waals surface area contributed by atoms with E-state index in [4.69, 9.17) is 14.2 Å². The Kier molecular flexibility index (Phi) is 7.45.